The van der Waals surface area contributed by atoms with Crippen LogP contribution in [0.25, 0.3) is 0 Å². The third-order valence-electron chi connectivity index (χ3n) is 4.28. The Balaban J connectivity index is 1.95. The summed E-state index contributed by atoms with van der Waals surface area (Å²) < 4.78 is 0. The Morgan fingerprint density at radius 3 is 2.52 bits per heavy atom. The molecule has 4 rings (SSSR count). The Kier molecular flexibility index (Phi) is 3.03. The number of hydrogen-bond acceptors (Lipinski definition) is 3. The van der Waals surface area contributed by atoms with Crippen LogP contribution < -0.4 is 10.2 Å². The fourth-order valence-electron chi connectivity index (χ4n) is 3.46. The molecule has 23 heavy (non-hydrogen) atoms. The molecule has 0 bridgehead atoms. The molecular weight excluding hydrogens is 308 g/mol. The van der Waals surface area contributed by atoms with E-state index in [1.54, 1.807) is 4.90 Å². The number of hydrogen-bond donors (Lipinski definition) is 1. The van der Waals surface area contributed by atoms with E-state index in [1.807, 2.05) is 50.2 Å². The van der Waals surface area contributed by atoms with Gasteiger partial charge < -0.3 is 5.32 Å². The second-order valence-electron chi connectivity index (χ2n) is 6.01. The second-order valence-corrected chi connectivity index (χ2v) is 7.18. The molecule has 2 amide bonds. The van der Waals surface area contributed by atoms with Crippen LogP contribution in [0.1, 0.15) is 16.7 Å². The average molecular weight is 324 g/mol. The first kappa shape index (κ1) is 14.3. The van der Waals surface area contributed by atoms with Crippen molar-refractivity contribution < 1.29 is 9.59 Å². The monoisotopic (exact) mass is 324 g/mol. The van der Waals surface area contributed by atoms with Gasteiger partial charge in [0.25, 0.3) is 5.91 Å². The zero-order chi connectivity index (χ0) is 16.2. The van der Waals surface area contributed by atoms with E-state index in [9.17, 15) is 9.59 Å². The molecule has 116 valence electrons. The molecule has 1 fully saturated rings. The van der Waals surface area contributed by atoms with Gasteiger partial charge in [-0.2, -0.15) is 0 Å². The Labute approximate surface area is 138 Å². The average Bonchev–Trinajstić information content (AvgIpc) is 2.98. The lowest BCUT2D eigenvalue weighted by Gasteiger charge is -2.32. The molecule has 1 unspecified atom stereocenters. The molecular formula is C18H16N2O2S. The minimum absolute atomic E-state index is 0.0353. The lowest BCUT2D eigenvalue weighted by atomic mass is 10.0. The summed E-state index contributed by atoms with van der Waals surface area (Å²) in [5.41, 5.74) is 4.58. The Morgan fingerprint density at radius 2 is 1.78 bits per heavy atom. The number of thioether (sulfide) groups is 1. The van der Waals surface area contributed by atoms with Crippen molar-refractivity contribution in [1.82, 2.24) is 0 Å². The van der Waals surface area contributed by atoms with Gasteiger partial charge in [-0.05, 0) is 43.2 Å². The number of carbonyl (C=O) groups is 2. The fraction of sp³-hybridized carbons (Fsp3) is 0.222. The van der Waals surface area contributed by atoms with Gasteiger partial charge in [0.05, 0.1) is 5.75 Å². The molecule has 1 N–H and O–H groups in total. The van der Waals surface area contributed by atoms with Crippen molar-refractivity contribution in [2.24, 2.45) is 0 Å². The zero-order valence-electron chi connectivity index (χ0n) is 12.9. The molecule has 2 aliphatic rings. The molecule has 1 saturated heterocycles. The number of aryl methyl sites for hydroxylation is 2. The van der Waals surface area contributed by atoms with E-state index in [0.717, 1.165) is 28.1 Å². The van der Waals surface area contributed by atoms with Gasteiger partial charge in [0.1, 0.15) is 0 Å². The molecule has 2 heterocycles. The van der Waals surface area contributed by atoms with Crippen molar-refractivity contribution in [3.05, 3.63) is 59.2 Å². The molecule has 0 saturated carbocycles. The van der Waals surface area contributed by atoms with E-state index >= 15 is 0 Å². The Hall–Kier alpha value is -2.27. The smallest absolute Gasteiger partial charge is 0.266 e. The Bertz CT molecular complexity index is 828. The van der Waals surface area contributed by atoms with Gasteiger partial charge in [-0.1, -0.05) is 24.3 Å². The number of amides is 2. The summed E-state index contributed by atoms with van der Waals surface area (Å²) in [4.78, 5) is 26.1. The number of nitrogens with one attached hydrogen (secondary N) is 1. The summed E-state index contributed by atoms with van der Waals surface area (Å²) in [6.45, 7) is 4.00. The normalized spacial score (nSPS) is 22.6. The van der Waals surface area contributed by atoms with Crippen LogP contribution in [0.15, 0.2) is 42.5 Å². The number of para-hydroxylation sites is 1. The molecule has 4 nitrogen and oxygen atoms in total. The van der Waals surface area contributed by atoms with E-state index in [4.69, 9.17) is 0 Å². The van der Waals surface area contributed by atoms with E-state index in [2.05, 4.69) is 11.4 Å². The van der Waals surface area contributed by atoms with Crippen LogP contribution in [0.2, 0.25) is 0 Å². The maximum atomic E-state index is 12.8. The molecule has 0 aliphatic carbocycles. The van der Waals surface area contributed by atoms with Gasteiger partial charge >= 0.3 is 0 Å². The van der Waals surface area contributed by atoms with E-state index < -0.39 is 4.87 Å². The van der Waals surface area contributed by atoms with Crippen LogP contribution in [0, 0.1) is 13.8 Å². The highest BCUT2D eigenvalue weighted by molar-refractivity contribution is 8.02. The van der Waals surface area contributed by atoms with E-state index in [-0.39, 0.29) is 11.8 Å². The third-order valence-corrected chi connectivity index (χ3v) is 5.68. The molecule has 1 atom stereocenters. The van der Waals surface area contributed by atoms with Crippen molar-refractivity contribution in [1.29, 1.82) is 0 Å². The van der Waals surface area contributed by atoms with E-state index in [0.29, 0.717) is 5.75 Å². The lowest BCUT2D eigenvalue weighted by molar-refractivity contribution is -0.122. The minimum atomic E-state index is -0.992. The first-order valence-corrected chi connectivity index (χ1v) is 8.47. The molecule has 2 aromatic carbocycles. The summed E-state index contributed by atoms with van der Waals surface area (Å²) in [7, 11) is 0. The second kappa shape index (κ2) is 4.86. The van der Waals surface area contributed by atoms with Crippen LogP contribution in [-0.4, -0.2) is 17.6 Å². The lowest BCUT2D eigenvalue weighted by Crippen LogP contribution is -2.47. The first-order valence-electron chi connectivity index (χ1n) is 7.48. The van der Waals surface area contributed by atoms with E-state index in [1.165, 1.54) is 11.8 Å². The van der Waals surface area contributed by atoms with Crippen molar-refractivity contribution >= 4 is 35.0 Å². The Morgan fingerprint density at radius 1 is 1.09 bits per heavy atom. The third kappa shape index (κ3) is 1.93. The standard InChI is InChI=1S/C18H16N2O2S/c1-11-7-12(2)9-13(8-11)20-16(21)10-23-18(20)14-5-3-4-6-15(14)19-17(18)22/h3-9H,10H2,1-2H3,(H,19,22). The number of anilines is 2. The molecule has 0 aromatic heterocycles. The zero-order valence-corrected chi connectivity index (χ0v) is 13.7. The highest BCUT2D eigenvalue weighted by atomic mass is 32.2. The van der Waals surface area contributed by atoms with Gasteiger partial charge in [-0.15, -0.1) is 11.8 Å². The number of rotatable bonds is 1. The molecule has 1 spiro atoms. The summed E-state index contributed by atoms with van der Waals surface area (Å²) in [5, 5.41) is 2.93. The summed E-state index contributed by atoms with van der Waals surface area (Å²) in [6.07, 6.45) is 0. The van der Waals surface area contributed by atoms with Gasteiger partial charge in [0.2, 0.25) is 10.8 Å². The van der Waals surface area contributed by atoms with Crippen molar-refractivity contribution in [2.75, 3.05) is 16.0 Å². The molecule has 2 aliphatic heterocycles. The van der Waals surface area contributed by atoms with Gasteiger partial charge in [0.15, 0.2) is 0 Å². The highest BCUT2D eigenvalue weighted by Gasteiger charge is 2.58. The number of nitrogens with zero attached hydrogens (tertiary/aromatic N) is 1. The molecule has 5 heteroatoms. The largest absolute Gasteiger partial charge is 0.323 e. The van der Waals surface area contributed by atoms with Gasteiger partial charge in [-0.25, -0.2) is 0 Å². The van der Waals surface area contributed by atoms with Gasteiger partial charge in [0, 0.05) is 16.9 Å². The quantitative estimate of drug-likeness (QED) is 0.876. The predicted octanol–water partition coefficient (Wildman–Crippen LogP) is 3.19. The van der Waals surface area contributed by atoms with Crippen LogP contribution in [-0.2, 0) is 14.5 Å². The van der Waals surface area contributed by atoms with Crippen LogP contribution in [0.3, 0.4) is 0 Å². The summed E-state index contributed by atoms with van der Waals surface area (Å²) >= 11 is 1.39. The highest BCUT2D eigenvalue weighted by Crippen LogP contribution is 2.53. The summed E-state index contributed by atoms with van der Waals surface area (Å²) in [5.74, 6) is 0.120. The maximum absolute atomic E-state index is 12.8. The fourth-order valence-corrected chi connectivity index (χ4v) is 4.77. The molecule has 2 aromatic rings. The number of benzene rings is 2. The first-order chi connectivity index (χ1) is 11.0. The predicted molar refractivity (Wildman–Crippen MR) is 92.6 cm³/mol. The maximum Gasteiger partial charge on any atom is 0.266 e. The van der Waals surface area contributed by atoms with Crippen molar-refractivity contribution in [2.45, 2.75) is 18.7 Å². The van der Waals surface area contributed by atoms with Gasteiger partial charge in [-0.3, -0.25) is 14.5 Å². The van der Waals surface area contributed by atoms with Crippen molar-refractivity contribution in [3.8, 4) is 0 Å². The number of fused-ring (bicyclic) bond motifs is 2. The number of carbonyl (C=O) groups excluding carboxylic acids is 2. The molecule has 0 radical (unpaired) electrons. The topological polar surface area (TPSA) is 49.4 Å². The SMILES string of the molecule is Cc1cc(C)cc(N2C(=O)CSC23C(=O)Nc2ccccc23)c1. The minimum Gasteiger partial charge on any atom is -0.323 e. The van der Waals surface area contributed by atoms with Crippen LogP contribution in [0.4, 0.5) is 11.4 Å². The van der Waals surface area contributed by atoms with Crippen LogP contribution in [0.5, 0.6) is 0 Å². The van der Waals surface area contributed by atoms with Crippen molar-refractivity contribution in [3.63, 3.8) is 0 Å². The summed E-state index contributed by atoms with van der Waals surface area (Å²) in [6, 6.07) is 13.6. The van der Waals surface area contributed by atoms with Crippen LogP contribution >= 0.6 is 11.8 Å².